The number of aryl methyl sites for hydroxylation is 2. The Morgan fingerprint density at radius 1 is 1.38 bits per heavy atom. The molecule has 4 rings (SSSR count). The third-order valence-electron chi connectivity index (χ3n) is 3.97. The van der Waals surface area contributed by atoms with Crippen LogP contribution in [-0.2, 0) is 7.05 Å². The number of rotatable bonds is 2. The average Bonchev–Trinajstić information content (AvgIpc) is 2.59. The Bertz CT molecular complexity index is 376. The van der Waals surface area contributed by atoms with Crippen molar-refractivity contribution < 1.29 is 0 Å². The van der Waals surface area contributed by atoms with Gasteiger partial charge in [-0.1, -0.05) is 0 Å². The lowest BCUT2D eigenvalue weighted by Gasteiger charge is -2.45. The standard InChI is InChI=1S/C12H20N4/c1-9-7-15(2)12(13-9)14-11-8-16-5-3-10(11)4-6-16/h7,10-11H,3-6,8H2,1-2H3,(H,13,14). The van der Waals surface area contributed by atoms with Crippen LogP contribution in [-0.4, -0.2) is 40.1 Å². The monoisotopic (exact) mass is 220 g/mol. The molecule has 1 aromatic heterocycles. The number of fused-ring (bicyclic) bond motifs is 3. The van der Waals surface area contributed by atoms with Gasteiger partial charge < -0.3 is 14.8 Å². The molecule has 1 atom stereocenters. The summed E-state index contributed by atoms with van der Waals surface area (Å²) in [5, 5.41) is 3.61. The number of hydrogen-bond acceptors (Lipinski definition) is 3. The molecule has 2 bridgehead atoms. The maximum Gasteiger partial charge on any atom is 0.203 e. The lowest BCUT2D eigenvalue weighted by atomic mass is 9.84. The minimum atomic E-state index is 0.600. The van der Waals surface area contributed by atoms with Crippen LogP contribution in [0.5, 0.6) is 0 Å². The van der Waals surface area contributed by atoms with Crippen molar-refractivity contribution in [2.45, 2.75) is 25.8 Å². The summed E-state index contributed by atoms with van der Waals surface area (Å²) in [6.45, 7) is 5.82. The number of anilines is 1. The summed E-state index contributed by atoms with van der Waals surface area (Å²) in [5.41, 5.74) is 1.09. The summed E-state index contributed by atoms with van der Waals surface area (Å²) >= 11 is 0. The third kappa shape index (κ3) is 1.71. The van der Waals surface area contributed by atoms with Gasteiger partial charge in [-0.25, -0.2) is 4.98 Å². The first-order valence-electron chi connectivity index (χ1n) is 6.21. The first kappa shape index (κ1) is 10.1. The maximum atomic E-state index is 4.52. The summed E-state index contributed by atoms with van der Waals surface area (Å²) in [4.78, 5) is 7.08. The molecule has 0 aromatic carbocycles. The second-order valence-electron chi connectivity index (χ2n) is 5.21. The molecular formula is C12H20N4. The van der Waals surface area contributed by atoms with Gasteiger partial charge >= 0.3 is 0 Å². The van der Waals surface area contributed by atoms with Crippen LogP contribution in [0.25, 0.3) is 0 Å². The molecule has 16 heavy (non-hydrogen) atoms. The Balaban J connectivity index is 1.73. The fourth-order valence-corrected chi connectivity index (χ4v) is 3.04. The van der Waals surface area contributed by atoms with Crippen LogP contribution in [0.2, 0.25) is 0 Å². The number of hydrogen-bond donors (Lipinski definition) is 1. The number of nitrogens with zero attached hydrogens (tertiary/aromatic N) is 3. The van der Waals surface area contributed by atoms with Crippen molar-refractivity contribution in [1.29, 1.82) is 0 Å². The first-order valence-corrected chi connectivity index (χ1v) is 6.21. The van der Waals surface area contributed by atoms with Crippen molar-refractivity contribution >= 4 is 5.95 Å². The van der Waals surface area contributed by atoms with Crippen molar-refractivity contribution in [2.24, 2.45) is 13.0 Å². The van der Waals surface area contributed by atoms with E-state index in [2.05, 4.69) is 33.0 Å². The van der Waals surface area contributed by atoms with Crippen LogP contribution in [0.15, 0.2) is 6.20 Å². The summed E-state index contributed by atoms with van der Waals surface area (Å²) in [5.74, 6) is 1.87. The molecule has 88 valence electrons. The molecule has 1 unspecified atom stereocenters. The van der Waals surface area contributed by atoms with E-state index in [1.165, 1.54) is 32.5 Å². The minimum absolute atomic E-state index is 0.600. The van der Waals surface area contributed by atoms with Crippen LogP contribution >= 0.6 is 0 Å². The van der Waals surface area contributed by atoms with Crippen molar-refractivity contribution in [3.8, 4) is 0 Å². The molecule has 4 heteroatoms. The van der Waals surface area contributed by atoms with Gasteiger partial charge in [-0.3, -0.25) is 0 Å². The van der Waals surface area contributed by atoms with Crippen LogP contribution in [0, 0.1) is 12.8 Å². The van der Waals surface area contributed by atoms with Gasteiger partial charge in [0, 0.05) is 25.8 Å². The van der Waals surface area contributed by atoms with E-state index in [4.69, 9.17) is 0 Å². The summed E-state index contributed by atoms with van der Waals surface area (Å²) in [6.07, 6.45) is 4.77. The molecule has 3 fully saturated rings. The Labute approximate surface area is 96.7 Å². The van der Waals surface area contributed by atoms with Crippen LogP contribution < -0.4 is 5.32 Å². The molecule has 4 nitrogen and oxygen atoms in total. The third-order valence-corrected chi connectivity index (χ3v) is 3.97. The fraction of sp³-hybridized carbons (Fsp3) is 0.750. The van der Waals surface area contributed by atoms with Gasteiger partial charge in [0.05, 0.1) is 5.69 Å². The predicted octanol–water partition coefficient (Wildman–Crippen LogP) is 1.23. The molecule has 3 aliphatic rings. The molecule has 4 heterocycles. The smallest absolute Gasteiger partial charge is 0.203 e. The Morgan fingerprint density at radius 2 is 2.12 bits per heavy atom. The normalized spacial score (nSPS) is 33.0. The Morgan fingerprint density at radius 3 is 2.62 bits per heavy atom. The molecular weight excluding hydrogens is 200 g/mol. The molecule has 3 aliphatic heterocycles. The molecule has 0 saturated carbocycles. The highest BCUT2D eigenvalue weighted by Crippen LogP contribution is 2.29. The first-order chi connectivity index (χ1) is 7.72. The number of imidazole rings is 1. The van der Waals surface area contributed by atoms with Gasteiger partial charge in [-0.15, -0.1) is 0 Å². The molecule has 0 radical (unpaired) electrons. The van der Waals surface area contributed by atoms with E-state index < -0.39 is 0 Å². The Kier molecular flexibility index (Phi) is 2.39. The quantitative estimate of drug-likeness (QED) is 0.814. The van der Waals surface area contributed by atoms with Crippen LogP contribution in [0.1, 0.15) is 18.5 Å². The highest BCUT2D eigenvalue weighted by Gasteiger charge is 2.34. The van der Waals surface area contributed by atoms with E-state index in [0.29, 0.717) is 6.04 Å². The number of nitrogens with one attached hydrogen (secondary N) is 1. The van der Waals surface area contributed by atoms with Crippen molar-refractivity contribution in [1.82, 2.24) is 14.5 Å². The van der Waals surface area contributed by atoms with Gasteiger partial charge in [0.1, 0.15) is 0 Å². The summed E-state index contributed by atoms with van der Waals surface area (Å²) < 4.78 is 2.09. The fourth-order valence-electron chi connectivity index (χ4n) is 3.04. The Hall–Kier alpha value is -1.03. The minimum Gasteiger partial charge on any atom is -0.351 e. The average molecular weight is 220 g/mol. The topological polar surface area (TPSA) is 33.1 Å². The lowest BCUT2D eigenvalue weighted by molar-refractivity contribution is 0.0971. The number of aromatic nitrogens is 2. The summed E-state index contributed by atoms with van der Waals surface area (Å²) in [6, 6.07) is 0.600. The second kappa shape index (κ2) is 3.77. The van der Waals surface area contributed by atoms with Gasteiger partial charge in [-0.05, 0) is 38.8 Å². The zero-order valence-electron chi connectivity index (χ0n) is 10.1. The highest BCUT2D eigenvalue weighted by atomic mass is 15.2. The van der Waals surface area contributed by atoms with E-state index >= 15 is 0 Å². The van der Waals surface area contributed by atoms with E-state index in [1.807, 2.05) is 6.92 Å². The van der Waals surface area contributed by atoms with Gasteiger partial charge in [-0.2, -0.15) is 0 Å². The molecule has 1 N–H and O–H groups in total. The molecule has 3 saturated heterocycles. The predicted molar refractivity (Wildman–Crippen MR) is 64.5 cm³/mol. The lowest BCUT2D eigenvalue weighted by Crippen LogP contribution is -2.53. The summed E-state index contributed by atoms with van der Waals surface area (Å²) in [7, 11) is 2.06. The zero-order valence-corrected chi connectivity index (χ0v) is 10.1. The van der Waals surface area contributed by atoms with Gasteiger partial charge in [0.2, 0.25) is 5.95 Å². The molecule has 0 spiro atoms. The van der Waals surface area contributed by atoms with E-state index in [0.717, 1.165) is 17.6 Å². The molecule has 0 amide bonds. The van der Waals surface area contributed by atoms with Crippen LogP contribution in [0.3, 0.4) is 0 Å². The molecule has 0 aliphatic carbocycles. The van der Waals surface area contributed by atoms with Gasteiger partial charge in [0.15, 0.2) is 0 Å². The zero-order chi connectivity index (χ0) is 11.1. The van der Waals surface area contributed by atoms with Crippen molar-refractivity contribution in [3.63, 3.8) is 0 Å². The van der Waals surface area contributed by atoms with E-state index in [1.54, 1.807) is 0 Å². The largest absolute Gasteiger partial charge is 0.351 e. The van der Waals surface area contributed by atoms with Crippen LogP contribution in [0.4, 0.5) is 5.95 Å². The van der Waals surface area contributed by atoms with Crippen molar-refractivity contribution in [3.05, 3.63) is 11.9 Å². The van der Waals surface area contributed by atoms with E-state index in [-0.39, 0.29) is 0 Å². The van der Waals surface area contributed by atoms with E-state index in [9.17, 15) is 0 Å². The highest BCUT2D eigenvalue weighted by molar-refractivity contribution is 5.30. The van der Waals surface area contributed by atoms with Crippen molar-refractivity contribution in [2.75, 3.05) is 25.0 Å². The molecule has 1 aromatic rings. The maximum absolute atomic E-state index is 4.52. The second-order valence-corrected chi connectivity index (χ2v) is 5.21. The van der Waals surface area contributed by atoms with Gasteiger partial charge in [0.25, 0.3) is 0 Å². The SMILES string of the molecule is Cc1cn(C)c(NC2CN3CCC2CC3)n1. The number of piperidine rings is 3.